The molecule has 0 aliphatic carbocycles. The molecule has 1 unspecified atom stereocenters. The molecule has 2 fully saturated rings. The molecule has 2 aromatic rings. The van der Waals surface area contributed by atoms with Crippen LogP contribution in [0.4, 0.5) is 23.5 Å². The molecule has 4 rings (SSSR count). The molecule has 14 heteroatoms. The summed E-state index contributed by atoms with van der Waals surface area (Å²) in [5.41, 5.74) is -1.60. The highest BCUT2D eigenvalue weighted by Crippen LogP contribution is 2.41. The molecule has 4 heterocycles. The van der Waals surface area contributed by atoms with Gasteiger partial charge in [0.25, 0.3) is 0 Å². The summed E-state index contributed by atoms with van der Waals surface area (Å²) in [7, 11) is -3.29. The summed E-state index contributed by atoms with van der Waals surface area (Å²) in [5, 5.41) is 3.27. The minimum absolute atomic E-state index is 0.00885. The van der Waals surface area contributed by atoms with Crippen LogP contribution in [0.5, 0.6) is 0 Å². The van der Waals surface area contributed by atoms with Crippen LogP contribution in [0.1, 0.15) is 43.3 Å². The first-order valence-corrected chi connectivity index (χ1v) is 13.6. The first-order valence-electron chi connectivity index (χ1n) is 11.0. The van der Waals surface area contributed by atoms with E-state index in [9.17, 15) is 26.0 Å². The van der Waals surface area contributed by atoms with Crippen molar-refractivity contribution in [3.63, 3.8) is 0 Å². The van der Waals surface area contributed by atoms with Gasteiger partial charge in [-0.3, -0.25) is 4.90 Å². The van der Waals surface area contributed by atoms with E-state index < -0.39 is 33.4 Å². The zero-order valence-corrected chi connectivity index (χ0v) is 20.4. The number of alkyl halides is 3. The highest BCUT2D eigenvalue weighted by atomic mass is 32.2. The number of hydrogen-bond donors (Lipinski definition) is 1. The van der Waals surface area contributed by atoms with E-state index in [-0.39, 0.29) is 34.5 Å². The number of thiazole rings is 1. The predicted octanol–water partition coefficient (Wildman–Crippen LogP) is 3.58. The first kappa shape index (κ1) is 25.2. The summed E-state index contributed by atoms with van der Waals surface area (Å²) in [5.74, 6) is -0.974. The lowest BCUT2D eigenvalue weighted by Crippen LogP contribution is -2.42. The summed E-state index contributed by atoms with van der Waals surface area (Å²) in [4.78, 5) is 13.5. The number of nitrogens with zero attached hydrogens (tertiary/aromatic N) is 5. The molecule has 0 saturated carbocycles. The maximum absolute atomic E-state index is 14.6. The molecule has 2 aliphatic rings. The fraction of sp³-hybridized carbons (Fsp3) is 0.650. The SMILES string of the molecule is CC1CCCN1Cc1nc(C(F)(F)F)c(-c2nc(NC3CCN(S(C)(=O)=O)CC3)ncc2F)s1. The Bertz CT molecular complexity index is 1130. The van der Waals surface area contributed by atoms with Gasteiger partial charge in [0.1, 0.15) is 10.7 Å². The molecule has 2 aliphatic heterocycles. The van der Waals surface area contributed by atoms with Gasteiger partial charge < -0.3 is 5.32 Å². The predicted molar refractivity (Wildman–Crippen MR) is 120 cm³/mol. The second-order valence-corrected chi connectivity index (χ2v) is 11.8. The van der Waals surface area contributed by atoms with Crippen molar-refractivity contribution in [1.82, 2.24) is 24.2 Å². The van der Waals surface area contributed by atoms with Crippen molar-refractivity contribution in [2.24, 2.45) is 0 Å². The molecule has 0 spiro atoms. The third-order valence-corrected chi connectivity index (χ3v) is 8.53. The van der Waals surface area contributed by atoms with Crippen molar-refractivity contribution in [2.45, 2.75) is 57.4 Å². The summed E-state index contributed by atoms with van der Waals surface area (Å²) >= 11 is 0.796. The van der Waals surface area contributed by atoms with E-state index in [0.29, 0.717) is 25.9 Å². The Balaban J connectivity index is 1.57. The number of anilines is 1. The third-order valence-electron chi connectivity index (χ3n) is 6.18. The monoisotopic (exact) mass is 522 g/mol. The smallest absolute Gasteiger partial charge is 0.351 e. The van der Waals surface area contributed by atoms with Gasteiger partial charge in [-0.2, -0.15) is 13.2 Å². The highest BCUT2D eigenvalue weighted by molar-refractivity contribution is 7.88. The van der Waals surface area contributed by atoms with Crippen LogP contribution in [0.2, 0.25) is 0 Å². The zero-order chi connectivity index (χ0) is 24.7. The molecule has 0 aromatic carbocycles. The van der Waals surface area contributed by atoms with E-state index in [2.05, 4.69) is 25.2 Å². The molecular formula is C20H26F4N6O2S2. The molecule has 8 nitrogen and oxygen atoms in total. The second-order valence-electron chi connectivity index (χ2n) is 8.72. The van der Waals surface area contributed by atoms with Gasteiger partial charge in [0.2, 0.25) is 16.0 Å². The number of nitrogens with one attached hydrogen (secondary N) is 1. The molecule has 34 heavy (non-hydrogen) atoms. The molecule has 0 bridgehead atoms. The van der Waals surface area contributed by atoms with Crippen LogP contribution in [0.25, 0.3) is 10.6 Å². The van der Waals surface area contributed by atoms with E-state index in [1.54, 1.807) is 0 Å². The van der Waals surface area contributed by atoms with Crippen LogP contribution in [0.3, 0.4) is 0 Å². The van der Waals surface area contributed by atoms with Gasteiger partial charge in [0.05, 0.1) is 23.9 Å². The van der Waals surface area contributed by atoms with Crippen LogP contribution in [-0.2, 0) is 22.7 Å². The quantitative estimate of drug-likeness (QED) is 0.580. The minimum Gasteiger partial charge on any atom is -0.351 e. The van der Waals surface area contributed by atoms with Gasteiger partial charge >= 0.3 is 6.18 Å². The Hall–Kier alpha value is -1.90. The number of rotatable bonds is 6. The molecular weight excluding hydrogens is 496 g/mol. The maximum atomic E-state index is 14.6. The Kier molecular flexibility index (Phi) is 7.14. The maximum Gasteiger partial charge on any atom is 0.434 e. The number of sulfonamides is 1. The zero-order valence-electron chi connectivity index (χ0n) is 18.8. The summed E-state index contributed by atoms with van der Waals surface area (Å²) in [6.07, 6.45) is 0.114. The Morgan fingerprint density at radius 2 is 1.88 bits per heavy atom. The molecule has 2 saturated heterocycles. The molecule has 0 radical (unpaired) electrons. The lowest BCUT2D eigenvalue weighted by molar-refractivity contribution is -0.140. The summed E-state index contributed by atoms with van der Waals surface area (Å²) in [6.45, 7) is 3.68. The van der Waals surface area contributed by atoms with Crippen molar-refractivity contribution in [3.05, 3.63) is 22.7 Å². The fourth-order valence-corrected chi connectivity index (χ4v) is 6.27. The van der Waals surface area contributed by atoms with Gasteiger partial charge in [-0.15, -0.1) is 11.3 Å². The molecule has 2 aromatic heterocycles. The van der Waals surface area contributed by atoms with Crippen molar-refractivity contribution in [2.75, 3.05) is 31.2 Å². The number of aromatic nitrogens is 3. The van der Waals surface area contributed by atoms with Crippen molar-refractivity contribution in [3.8, 4) is 10.6 Å². The average Bonchev–Trinajstić information content (AvgIpc) is 3.36. The Labute approximate surface area is 199 Å². The van der Waals surface area contributed by atoms with Crippen LogP contribution in [0.15, 0.2) is 6.20 Å². The molecule has 1 atom stereocenters. The van der Waals surface area contributed by atoms with Crippen molar-refractivity contribution < 1.29 is 26.0 Å². The van der Waals surface area contributed by atoms with E-state index >= 15 is 0 Å². The van der Waals surface area contributed by atoms with Crippen molar-refractivity contribution in [1.29, 1.82) is 0 Å². The van der Waals surface area contributed by atoms with E-state index in [1.165, 1.54) is 4.31 Å². The third kappa shape index (κ3) is 5.66. The van der Waals surface area contributed by atoms with Gasteiger partial charge in [-0.05, 0) is 39.2 Å². The number of halogens is 4. The topological polar surface area (TPSA) is 91.3 Å². The fourth-order valence-electron chi connectivity index (χ4n) is 4.30. The van der Waals surface area contributed by atoms with Crippen molar-refractivity contribution >= 4 is 27.3 Å². The first-order chi connectivity index (χ1) is 15.9. The van der Waals surface area contributed by atoms with Crippen LogP contribution >= 0.6 is 11.3 Å². The van der Waals surface area contributed by atoms with Gasteiger partial charge in [-0.25, -0.2) is 32.1 Å². The van der Waals surface area contributed by atoms with Gasteiger partial charge in [0, 0.05) is 25.2 Å². The van der Waals surface area contributed by atoms with Gasteiger partial charge in [0.15, 0.2) is 11.5 Å². The molecule has 1 N–H and O–H groups in total. The van der Waals surface area contributed by atoms with Crippen LogP contribution in [-0.4, -0.2) is 70.5 Å². The Morgan fingerprint density at radius 1 is 1.18 bits per heavy atom. The number of piperidine rings is 1. The summed E-state index contributed by atoms with van der Waals surface area (Å²) < 4.78 is 80.7. The van der Waals surface area contributed by atoms with E-state index in [1.807, 2.05) is 6.92 Å². The normalized spacial score (nSPS) is 21.3. The van der Waals surface area contributed by atoms with E-state index in [4.69, 9.17) is 0 Å². The number of hydrogen-bond acceptors (Lipinski definition) is 8. The summed E-state index contributed by atoms with van der Waals surface area (Å²) in [6, 6.07) is 0.0643. The molecule has 188 valence electrons. The van der Waals surface area contributed by atoms with Crippen LogP contribution < -0.4 is 5.32 Å². The van der Waals surface area contributed by atoms with Gasteiger partial charge in [-0.1, -0.05) is 0 Å². The van der Waals surface area contributed by atoms with E-state index in [0.717, 1.165) is 43.2 Å². The largest absolute Gasteiger partial charge is 0.434 e. The molecule has 0 amide bonds. The second kappa shape index (κ2) is 9.63. The lowest BCUT2D eigenvalue weighted by atomic mass is 10.1. The minimum atomic E-state index is -4.76. The highest BCUT2D eigenvalue weighted by Gasteiger charge is 2.39. The average molecular weight is 523 g/mol. The van der Waals surface area contributed by atoms with Crippen LogP contribution in [0, 0.1) is 5.82 Å². The standard InChI is InChI=1S/C20H26F4N6O2S2/c1-12-4-3-7-29(12)11-15-27-18(20(22,23)24)17(33-15)16-14(21)10-25-19(28-16)26-13-5-8-30(9-6-13)34(2,31)32/h10,12-13H,3-9,11H2,1-2H3,(H,25,26,28). The lowest BCUT2D eigenvalue weighted by Gasteiger charge is -2.30. The number of likely N-dealkylation sites (tertiary alicyclic amines) is 1. The Morgan fingerprint density at radius 3 is 2.47 bits per heavy atom.